The fourth-order valence-corrected chi connectivity index (χ4v) is 2.80. The first-order valence-electron chi connectivity index (χ1n) is 7.01. The zero-order chi connectivity index (χ0) is 14.2. The van der Waals surface area contributed by atoms with E-state index in [1.54, 1.807) is 12.1 Å². The van der Waals surface area contributed by atoms with Gasteiger partial charge in [0.05, 0.1) is 5.69 Å². The van der Waals surface area contributed by atoms with E-state index in [1.165, 1.54) is 28.8 Å². The van der Waals surface area contributed by atoms with Crippen molar-refractivity contribution >= 4 is 0 Å². The predicted octanol–water partition coefficient (Wildman–Crippen LogP) is 4.05. The first-order valence-corrected chi connectivity index (χ1v) is 7.01. The summed E-state index contributed by atoms with van der Waals surface area (Å²) in [6.45, 7) is 0. The van der Waals surface area contributed by atoms with Crippen LogP contribution < -0.4 is 0 Å². The van der Waals surface area contributed by atoms with Crippen molar-refractivity contribution in [1.29, 1.82) is 0 Å². The van der Waals surface area contributed by atoms with E-state index in [1.807, 2.05) is 12.3 Å². The van der Waals surface area contributed by atoms with Gasteiger partial charge in [0.2, 0.25) is 0 Å². The summed E-state index contributed by atoms with van der Waals surface area (Å²) in [4.78, 5) is 9.15. The zero-order valence-corrected chi connectivity index (χ0v) is 11.4. The smallest absolute Gasteiger partial charge is 0.159 e. The van der Waals surface area contributed by atoms with Crippen molar-refractivity contribution in [3.63, 3.8) is 0 Å². The predicted molar refractivity (Wildman–Crippen MR) is 80.3 cm³/mol. The lowest BCUT2D eigenvalue weighted by Crippen LogP contribution is -2.07. The van der Waals surface area contributed by atoms with Gasteiger partial charge in [-0.2, -0.15) is 0 Å². The lowest BCUT2D eigenvalue weighted by molar-refractivity contribution is 0.628. The number of fused-ring (bicyclic) bond motifs is 3. The van der Waals surface area contributed by atoms with E-state index in [0.29, 0.717) is 5.82 Å². The van der Waals surface area contributed by atoms with Crippen LogP contribution >= 0.6 is 0 Å². The van der Waals surface area contributed by atoms with Crippen molar-refractivity contribution in [2.75, 3.05) is 0 Å². The lowest BCUT2D eigenvalue weighted by Gasteiger charge is -2.18. The highest BCUT2D eigenvalue weighted by Crippen LogP contribution is 2.32. The van der Waals surface area contributed by atoms with Crippen molar-refractivity contribution in [3.8, 4) is 22.6 Å². The summed E-state index contributed by atoms with van der Waals surface area (Å²) in [5.41, 5.74) is 5.53. The Kier molecular flexibility index (Phi) is 2.78. The summed E-state index contributed by atoms with van der Waals surface area (Å²) < 4.78 is 13.0. The fraction of sp³-hybridized carbons (Fsp3) is 0.111. The normalized spacial score (nSPS) is 12.6. The summed E-state index contributed by atoms with van der Waals surface area (Å²) in [5.74, 6) is 0.396. The molecule has 4 rings (SSSR count). The van der Waals surface area contributed by atoms with Gasteiger partial charge in [-0.15, -0.1) is 0 Å². The Morgan fingerprint density at radius 2 is 1.62 bits per heavy atom. The number of aromatic nitrogens is 2. The van der Waals surface area contributed by atoms with Gasteiger partial charge in [-0.3, -0.25) is 0 Å². The minimum absolute atomic E-state index is 0.248. The maximum Gasteiger partial charge on any atom is 0.159 e. The quantitative estimate of drug-likeness (QED) is 0.670. The summed E-state index contributed by atoms with van der Waals surface area (Å²) in [7, 11) is 0. The van der Waals surface area contributed by atoms with E-state index < -0.39 is 0 Å². The summed E-state index contributed by atoms with van der Waals surface area (Å²) in [6.07, 6.45) is 3.90. The van der Waals surface area contributed by atoms with Crippen molar-refractivity contribution in [2.45, 2.75) is 12.8 Å². The van der Waals surface area contributed by atoms with E-state index in [-0.39, 0.29) is 5.82 Å². The fourth-order valence-electron chi connectivity index (χ4n) is 2.80. The summed E-state index contributed by atoms with van der Waals surface area (Å²) >= 11 is 0. The molecule has 0 amide bonds. The average Bonchev–Trinajstić information content (AvgIpc) is 2.55. The number of hydrogen-bond acceptors (Lipinski definition) is 2. The van der Waals surface area contributed by atoms with Gasteiger partial charge in [-0.25, -0.2) is 14.4 Å². The largest absolute Gasteiger partial charge is 0.236 e. The maximum absolute atomic E-state index is 13.0. The minimum atomic E-state index is -0.248. The molecule has 1 aliphatic carbocycles. The van der Waals surface area contributed by atoms with Gasteiger partial charge in [0.25, 0.3) is 0 Å². The Bertz CT molecular complexity index is 810. The second kappa shape index (κ2) is 4.77. The molecule has 102 valence electrons. The van der Waals surface area contributed by atoms with Crippen LogP contribution in [0.4, 0.5) is 4.39 Å². The minimum Gasteiger partial charge on any atom is -0.236 e. The molecule has 1 aliphatic rings. The van der Waals surface area contributed by atoms with E-state index in [0.717, 1.165) is 24.1 Å². The third-order valence-electron chi connectivity index (χ3n) is 3.90. The molecule has 0 spiro atoms. The molecular formula is C18H13FN2. The second-order valence-electron chi connectivity index (χ2n) is 5.23. The molecule has 1 aromatic heterocycles. The molecule has 0 saturated carbocycles. The van der Waals surface area contributed by atoms with Crippen LogP contribution in [-0.4, -0.2) is 9.97 Å². The number of aryl methyl sites for hydroxylation is 2. The SMILES string of the molecule is Fc1ccc(-c2ncc3c(n2)-c2ccccc2CC3)cc1. The van der Waals surface area contributed by atoms with Crippen LogP contribution in [0.25, 0.3) is 22.6 Å². The third-order valence-corrected chi connectivity index (χ3v) is 3.90. The highest BCUT2D eigenvalue weighted by molar-refractivity contribution is 5.71. The van der Waals surface area contributed by atoms with Crippen LogP contribution in [-0.2, 0) is 12.8 Å². The van der Waals surface area contributed by atoms with Crippen LogP contribution in [0.5, 0.6) is 0 Å². The first-order chi connectivity index (χ1) is 10.3. The molecule has 0 unspecified atom stereocenters. The molecule has 0 bridgehead atoms. The lowest BCUT2D eigenvalue weighted by atomic mass is 9.90. The molecule has 3 aromatic rings. The number of hydrogen-bond donors (Lipinski definition) is 0. The molecule has 0 N–H and O–H groups in total. The summed E-state index contributed by atoms with van der Waals surface area (Å²) in [6, 6.07) is 14.7. The van der Waals surface area contributed by atoms with Crippen molar-refractivity contribution in [3.05, 3.63) is 71.7 Å². The first kappa shape index (κ1) is 12.2. The highest BCUT2D eigenvalue weighted by Gasteiger charge is 2.18. The van der Waals surface area contributed by atoms with Gasteiger partial charge >= 0.3 is 0 Å². The molecule has 0 fully saturated rings. The Morgan fingerprint density at radius 3 is 2.48 bits per heavy atom. The van der Waals surface area contributed by atoms with Crippen molar-refractivity contribution < 1.29 is 4.39 Å². The van der Waals surface area contributed by atoms with E-state index in [4.69, 9.17) is 4.98 Å². The molecule has 0 atom stereocenters. The standard InChI is InChI=1S/C18H13FN2/c19-15-9-7-13(8-10-15)18-20-11-14-6-5-12-3-1-2-4-16(12)17(14)21-18/h1-4,7-11H,5-6H2. The zero-order valence-electron chi connectivity index (χ0n) is 11.4. The molecule has 1 heterocycles. The van der Waals surface area contributed by atoms with Crippen molar-refractivity contribution in [1.82, 2.24) is 9.97 Å². The molecule has 21 heavy (non-hydrogen) atoms. The topological polar surface area (TPSA) is 25.8 Å². The second-order valence-corrected chi connectivity index (χ2v) is 5.23. The number of rotatable bonds is 1. The van der Waals surface area contributed by atoms with Gasteiger partial charge in [0.15, 0.2) is 5.82 Å². The Labute approximate surface area is 122 Å². The molecule has 0 saturated heterocycles. The molecule has 0 radical (unpaired) electrons. The Balaban J connectivity index is 1.86. The van der Waals surface area contributed by atoms with Crippen LogP contribution in [0, 0.1) is 5.82 Å². The van der Waals surface area contributed by atoms with Crippen LogP contribution in [0.3, 0.4) is 0 Å². The van der Waals surface area contributed by atoms with Gasteiger partial charge in [0, 0.05) is 17.3 Å². The highest BCUT2D eigenvalue weighted by atomic mass is 19.1. The van der Waals surface area contributed by atoms with E-state index in [2.05, 4.69) is 23.2 Å². The molecular weight excluding hydrogens is 263 g/mol. The third kappa shape index (κ3) is 2.11. The van der Waals surface area contributed by atoms with Crippen molar-refractivity contribution in [2.24, 2.45) is 0 Å². The van der Waals surface area contributed by atoms with Crippen LogP contribution in [0.1, 0.15) is 11.1 Å². The number of halogens is 1. The Hall–Kier alpha value is -2.55. The molecule has 0 aliphatic heterocycles. The molecule has 3 heteroatoms. The van der Waals surface area contributed by atoms with Gasteiger partial charge in [-0.1, -0.05) is 24.3 Å². The number of benzene rings is 2. The van der Waals surface area contributed by atoms with E-state index >= 15 is 0 Å². The average molecular weight is 276 g/mol. The molecule has 2 nitrogen and oxygen atoms in total. The maximum atomic E-state index is 13.0. The molecule has 2 aromatic carbocycles. The Morgan fingerprint density at radius 1 is 0.857 bits per heavy atom. The van der Waals surface area contributed by atoms with Gasteiger partial charge in [-0.05, 0) is 48.2 Å². The van der Waals surface area contributed by atoms with Gasteiger partial charge < -0.3 is 0 Å². The monoisotopic (exact) mass is 276 g/mol. The van der Waals surface area contributed by atoms with Gasteiger partial charge in [0.1, 0.15) is 5.82 Å². The van der Waals surface area contributed by atoms with Crippen LogP contribution in [0.15, 0.2) is 54.7 Å². The summed E-state index contributed by atoms with van der Waals surface area (Å²) in [5, 5.41) is 0. The van der Waals surface area contributed by atoms with E-state index in [9.17, 15) is 4.39 Å². The number of nitrogens with zero attached hydrogens (tertiary/aromatic N) is 2. The van der Waals surface area contributed by atoms with Crippen LogP contribution in [0.2, 0.25) is 0 Å².